The molecule has 9 nitrogen and oxygen atoms in total. The molecule has 5 rings (SSSR count). The van der Waals surface area contributed by atoms with E-state index in [9.17, 15) is 19.9 Å². The number of nitrogens with one attached hydrogen (secondary N) is 2. The first-order chi connectivity index (χ1) is 18.5. The van der Waals surface area contributed by atoms with Crippen molar-refractivity contribution in [1.82, 2.24) is 5.32 Å². The number of hydrogen-bond donors (Lipinski definition) is 3. The highest BCUT2D eigenvalue weighted by atomic mass is 16.6. The number of rotatable bonds is 7. The number of aliphatic hydroxyl groups is 1. The van der Waals surface area contributed by atoms with E-state index < -0.39 is 12.1 Å². The Labute approximate surface area is 221 Å². The van der Waals surface area contributed by atoms with E-state index in [2.05, 4.69) is 10.2 Å². The van der Waals surface area contributed by atoms with Crippen molar-refractivity contribution in [2.75, 3.05) is 28.4 Å². The maximum absolute atomic E-state index is 12.9. The molecule has 9 heteroatoms. The molecular weight excluding hydrogens is 484 g/mol. The molecule has 3 aromatic carbocycles. The second kappa shape index (κ2) is 11.1. The monoisotopic (exact) mass is 515 g/mol. The zero-order chi connectivity index (χ0) is 26.6. The van der Waals surface area contributed by atoms with Gasteiger partial charge >= 0.3 is 6.09 Å². The van der Waals surface area contributed by atoms with Crippen LogP contribution in [-0.4, -0.2) is 42.3 Å². The van der Waals surface area contributed by atoms with Crippen LogP contribution in [0.5, 0.6) is 0 Å². The molecule has 3 N–H and O–H groups in total. The molecular formula is C29H31N4O5-. The molecule has 1 saturated heterocycles. The number of aliphatic hydroxyl groups excluding tert-OH is 1. The van der Waals surface area contributed by atoms with Crippen molar-refractivity contribution in [3.05, 3.63) is 94.7 Å². The summed E-state index contributed by atoms with van der Waals surface area (Å²) in [6, 6.07) is 21.3. The number of anilines is 3. The summed E-state index contributed by atoms with van der Waals surface area (Å²) in [5.74, 6) is -0.378. The lowest BCUT2D eigenvalue weighted by molar-refractivity contribution is 0.0852. The van der Waals surface area contributed by atoms with Gasteiger partial charge in [-0.2, -0.15) is 0 Å². The average Bonchev–Trinajstić information content (AvgIpc) is 2.97. The first-order valence-electron chi connectivity index (χ1n) is 12.8. The van der Waals surface area contributed by atoms with Gasteiger partial charge in [-0.15, -0.1) is 0 Å². The van der Waals surface area contributed by atoms with Crippen LogP contribution in [0.15, 0.2) is 72.8 Å². The lowest BCUT2D eigenvalue weighted by Crippen LogP contribution is -2.49. The van der Waals surface area contributed by atoms with E-state index in [1.54, 1.807) is 36.1 Å². The molecule has 2 heterocycles. The Balaban J connectivity index is 1.24. The SMILES string of the molecule is CC(NC(=O)c1ccc(N2CCC(N3C(=O)OCc4ccccc43)CC2)c(N[O-])c1)C(O)c1ccccc1. The molecule has 0 bridgehead atoms. The van der Waals surface area contributed by atoms with Gasteiger partial charge in [-0.1, -0.05) is 48.5 Å². The van der Waals surface area contributed by atoms with Crippen LogP contribution in [0.1, 0.15) is 47.4 Å². The Morgan fingerprint density at radius 1 is 1.03 bits per heavy atom. The maximum atomic E-state index is 12.9. The van der Waals surface area contributed by atoms with Crippen molar-refractivity contribution < 1.29 is 19.4 Å². The van der Waals surface area contributed by atoms with Gasteiger partial charge in [0.25, 0.3) is 5.91 Å². The zero-order valence-corrected chi connectivity index (χ0v) is 21.2. The van der Waals surface area contributed by atoms with Crippen LogP contribution in [0.2, 0.25) is 0 Å². The number of piperidine rings is 1. The van der Waals surface area contributed by atoms with Crippen molar-refractivity contribution in [2.45, 2.75) is 44.6 Å². The number of nitrogens with zero attached hydrogens (tertiary/aromatic N) is 2. The number of carbonyl (C=O) groups excluding carboxylic acids is 2. The third-order valence-corrected chi connectivity index (χ3v) is 7.31. The number of benzene rings is 3. The molecule has 0 radical (unpaired) electrons. The Morgan fingerprint density at radius 3 is 2.47 bits per heavy atom. The summed E-state index contributed by atoms with van der Waals surface area (Å²) in [7, 11) is 0. The maximum Gasteiger partial charge on any atom is 0.414 e. The molecule has 0 spiro atoms. The van der Waals surface area contributed by atoms with E-state index in [1.807, 2.05) is 47.9 Å². The summed E-state index contributed by atoms with van der Waals surface area (Å²) >= 11 is 0. The van der Waals surface area contributed by atoms with Gasteiger partial charge in [0.1, 0.15) is 6.61 Å². The number of amides is 2. The smallest absolute Gasteiger partial charge is 0.414 e. The number of cyclic esters (lactones) is 1. The molecule has 2 aliphatic rings. The fourth-order valence-corrected chi connectivity index (χ4v) is 5.23. The number of para-hydroxylation sites is 1. The van der Waals surface area contributed by atoms with Crippen LogP contribution in [0.3, 0.4) is 0 Å². The average molecular weight is 516 g/mol. The van der Waals surface area contributed by atoms with Gasteiger partial charge in [0, 0.05) is 35.9 Å². The minimum atomic E-state index is -0.859. The molecule has 0 saturated carbocycles. The van der Waals surface area contributed by atoms with Gasteiger partial charge in [-0.25, -0.2) is 4.79 Å². The van der Waals surface area contributed by atoms with Crippen molar-refractivity contribution in [3.63, 3.8) is 0 Å². The van der Waals surface area contributed by atoms with Crippen LogP contribution in [-0.2, 0) is 11.3 Å². The topological polar surface area (TPSA) is 117 Å². The molecule has 0 aromatic heterocycles. The lowest BCUT2D eigenvalue weighted by atomic mass is 9.99. The fraction of sp³-hybridized carbons (Fsp3) is 0.310. The first-order valence-corrected chi connectivity index (χ1v) is 12.8. The van der Waals surface area contributed by atoms with E-state index in [4.69, 9.17) is 4.74 Å². The molecule has 198 valence electrons. The summed E-state index contributed by atoms with van der Waals surface area (Å²) in [6.07, 6.45) is 0.227. The molecule has 38 heavy (non-hydrogen) atoms. The van der Waals surface area contributed by atoms with Crippen LogP contribution < -0.4 is 20.6 Å². The molecule has 2 amide bonds. The predicted octanol–water partition coefficient (Wildman–Crippen LogP) is 4.57. The van der Waals surface area contributed by atoms with E-state index in [0.717, 1.165) is 11.3 Å². The van der Waals surface area contributed by atoms with Gasteiger partial charge < -0.3 is 30.7 Å². The quantitative estimate of drug-likeness (QED) is 0.395. The summed E-state index contributed by atoms with van der Waals surface area (Å²) in [6.45, 7) is 3.29. The number of hydrogen-bond acceptors (Lipinski definition) is 7. The molecule has 0 aliphatic carbocycles. The Bertz CT molecular complexity index is 1290. The van der Waals surface area contributed by atoms with Gasteiger partial charge in [0.2, 0.25) is 0 Å². The normalized spacial score (nSPS) is 17.3. The van der Waals surface area contributed by atoms with Gasteiger partial charge in [0.15, 0.2) is 0 Å². The second-order valence-electron chi connectivity index (χ2n) is 9.72. The molecule has 2 unspecified atom stereocenters. The fourth-order valence-electron chi connectivity index (χ4n) is 5.23. The highest BCUT2D eigenvalue weighted by Gasteiger charge is 2.34. The third kappa shape index (κ3) is 5.16. The van der Waals surface area contributed by atoms with E-state index >= 15 is 0 Å². The highest BCUT2D eigenvalue weighted by Crippen LogP contribution is 2.34. The molecule has 2 aliphatic heterocycles. The minimum absolute atomic E-state index is 0.00792. The minimum Gasteiger partial charge on any atom is -0.761 e. The Morgan fingerprint density at radius 2 is 1.74 bits per heavy atom. The van der Waals surface area contributed by atoms with Crippen molar-refractivity contribution in [1.29, 1.82) is 0 Å². The van der Waals surface area contributed by atoms with Crippen LogP contribution in [0.4, 0.5) is 21.9 Å². The van der Waals surface area contributed by atoms with Crippen LogP contribution >= 0.6 is 0 Å². The largest absolute Gasteiger partial charge is 0.761 e. The van der Waals surface area contributed by atoms with Crippen molar-refractivity contribution in [2.24, 2.45) is 0 Å². The number of ether oxygens (including phenoxy) is 1. The highest BCUT2D eigenvalue weighted by molar-refractivity contribution is 5.96. The summed E-state index contributed by atoms with van der Waals surface area (Å²) < 4.78 is 5.39. The molecule has 2 atom stereocenters. The Kier molecular flexibility index (Phi) is 7.48. The number of fused-ring (bicyclic) bond motifs is 1. The molecule has 3 aromatic rings. The zero-order valence-electron chi connectivity index (χ0n) is 21.2. The standard InChI is InChI=1S/C29H31N4O5/c1-19(27(34)20-7-3-2-4-8-20)30-28(35)21-11-12-26(24(17-21)31-37)32-15-13-23(14-16-32)33-25-10-6-5-9-22(25)18-38-29(33)36/h2-12,17,19,23,27,31,34H,13-16,18H2,1H3,(H,30,35)/q-1. The lowest BCUT2D eigenvalue weighted by Gasteiger charge is -2.41. The molecule has 1 fully saturated rings. The van der Waals surface area contributed by atoms with Crippen molar-refractivity contribution >= 4 is 29.1 Å². The van der Waals surface area contributed by atoms with E-state index in [1.165, 1.54) is 6.07 Å². The third-order valence-electron chi connectivity index (χ3n) is 7.31. The Hall–Kier alpha value is -4.08. The summed E-state index contributed by atoms with van der Waals surface area (Å²) in [4.78, 5) is 29.3. The summed E-state index contributed by atoms with van der Waals surface area (Å²) in [5, 5.41) is 25.2. The van der Waals surface area contributed by atoms with Gasteiger partial charge in [0.05, 0.1) is 23.5 Å². The number of carbonyl (C=O) groups is 2. The van der Waals surface area contributed by atoms with Crippen molar-refractivity contribution in [3.8, 4) is 0 Å². The second-order valence-corrected chi connectivity index (χ2v) is 9.72. The van der Waals surface area contributed by atoms with Crippen LogP contribution in [0.25, 0.3) is 0 Å². The van der Waals surface area contributed by atoms with E-state index in [0.29, 0.717) is 48.4 Å². The summed E-state index contributed by atoms with van der Waals surface area (Å²) in [5.41, 5.74) is 5.90. The van der Waals surface area contributed by atoms with E-state index in [-0.39, 0.29) is 24.6 Å². The van der Waals surface area contributed by atoms with Gasteiger partial charge in [-0.3, -0.25) is 9.69 Å². The van der Waals surface area contributed by atoms with Gasteiger partial charge in [-0.05, 0) is 49.6 Å². The van der Waals surface area contributed by atoms with Crippen LogP contribution in [0, 0.1) is 5.21 Å². The predicted molar refractivity (Wildman–Crippen MR) is 146 cm³/mol. The first kappa shape index (κ1) is 25.6.